The van der Waals surface area contributed by atoms with Crippen molar-refractivity contribution < 1.29 is 0 Å². The van der Waals surface area contributed by atoms with Crippen LogP contribution in [0.4, 0.5) is 0 Å². The van der Waals surface area contributed by atoms with Crippen LogP contribution >= 0.6 is 0 Å². The van der Waals surface area contributed by atoms with Crippen LogP contribution in [0.25, 0.3) is 22.6 Å². The quantitative estimate of drug-likeness (QED) is 0.671. The van der Waals surface area contributed by atoms with E-state index in [2.05, 4.69) is 51.8 Å². The summed E-state index contributed by atoms with van der Waals surface area (Å²) in [5, 5.41) is 0. The summed E-state index contributed by atoms with van der Waals surface area (Å²) in [6.45, 7) is 3.10. The topological polar surface area (TPSA) is 30.7 Å². The zero-order valence-corrected chi connectivity index (χ0v) is 11.4. The minimum Gasteiger partial charge on any atom is -0.328 e. The number of hydrogen-bond acceptors (Lipinski definition) is 2. The summed E-state index contributed by atoms with van der Waals surface area (Å²) in [7, 11) is 0. The number of aryl methyl sites for hydroxylation is 1. The van der Waals surface area contributed by atoms with Crippen LogP contribution in [-0.2, 0) is 13.0 Å². The minimum atomic E-state index is 0.986. The first-order chi connectivity index (χ1) is 9.84. The molecule has 1 aromatic carbocycles. The fourth-order valence-electron chi connectivity index (χ4n) is 2.98. The molecule has 98 valence electrons. The van der Waals surface area contributed by atoms with E-state index in [0.29, 0.717) is 0 Å². The standard InChI is InChI=1S/C17H15N3/c1-12-11-19-17-15-7-9-18-16(13-5-3-2-4-6-13)14(15)8-10-20(12)17/h2-7,9,11H,8,10H2,1H3. The Kier molecular flexibility index (Phi) is 2.46. The Hall–Kier alpha value is -2.42. The first-order valence-electron chi connectivity index (χ1n) is 6.90. The van der Waals surface area contributed by atoms with E-state index in [1.165, 1.54) is 22.4 Å². The summed E-state index contributed by atoms with van der Waals surface area (Å²) in [6, 6.07) is 12.5. The molecule has 1 aliphatic rings. The second kappa shape index (κ2) is 4.30. The third kappa shape index (κ3) is 1.59. The number of aromatic nitrogens is 3. The molecule has 0 N–H and O–H groups in total. The maximum atomic E-state index is 4.60. The number of nitrogens with zero attached hydrogens (tertiary/aromatic N) is 3. The Labute approximate surface area is 117 Å². The molecule has 2 aromatic heterocycles. The third-order valence-electron chi connectivity index (χ3n) is 3.98. The number of benzene rings is 1. The molecule has 0 bridgehead atoms. The molecule has 0 amide bonds. The molecule has 0 atom stereocenters. The van der Waals surface area contributed by atoms with Gasteiger partial charge in [-0.25, -0.2) is 4.98 Å². The highest BCUT2D eigenvalue weighted by atomic mass is 15.1. The van der Waals surface area contributed by atoms with E-state index in [4.69, 9.17) is 0 Å². The van der Waals surface area contributed by atoms with Gasteiger partial charge in [0.25, 0.3) is 0 Å². The molecule has 3 aromatic rings. The smallest absolute Gasteiger partial charge is 0.140 e. The van der Waals surface area contributed by atoms with Crippen molar-refractivity contribution in [2.24, 2.45) is 0 Å². The van der Waals surface area contributed by atoms with Crippen LogP contribution in [0.3, 0.4) is 0 Å². The van der Waals surface area contributed by atoms with Crippen molar-refractivity contribution in [2.75, 3.05) is 0 Å². The first-order valence-corrected chi connectivity index (χ1v) is 6.90. The van der Waals surface area contributed by atoms with Gasteiger partial charge in [-0.05, 0) is 25.0 Å². The molecule has 0 aliphatic carbocycles. The summed E-state index contributed by atoms with van der Waals surface area (Å²) in [6.07, 6.45) is 4.85. The predicted octanol–water partition coefficient (Wildman–Crippen LogP) is 3.48. The average molecular weight is 261 g/mol. The zero-order valence-electron chi connectivity index (χ0n) is 11.4. The van der Waals surface area contributed by atoms with Gasteiger partial charge in [0.15, 0.2) is 0 Å². The van der Waals surface area contributed by atoms with Gasteiger partial charge in [0.05, 0.1) is 5.69 Å². The van der Waals surface area contributed by atoms with E-state index in [0.717, 1.165) is 24.5 Å². The molecule has 3 heterocycles. The SMILES string of the molecule is Cc1cnc2n1CCc1c-2ccnc1-c1ccccc1. The van der Waals surface area contributed by atoms with Gasteiger partial charge in [-0.1, -0.05) is 30.3 Å². The molecule has 1 aliphatic heterocycles. The van der Waals surface area contributed by atoms with Crippen molar-refractivity contribution in [3.63, 3.8) is 0 Å². The summed E-state index contributed by atoms with van der Waals surface area (Å²) in [5.74, 6) is 1.07. The van der Waals surface area contributed by atoms with E-state index in [-0.39, 0.29) is 0 Å². The second-order valence-corrected chi connectivity index (χ2v) is 5.18. The van der Waals surface area contributed by atoms with E-state index in [1.54, 1.807) is 0 Å². The molecule has 0 spiro atoms. The molecule has 0 radical (unpaired) electrons. The van der Waals surface area contributed by atoms with Gasteiger partial charge >= 0.3 is 0 Å². The van der Waals surface area contributed by atoms with Crippen LogP contribution in [0.2, 0.25) is 0 Å². The number of hydrogen-bond donors (Lipinski definition) is 0. The van der Waals surface area contributed by atoms with Crippen LogP contribution in [-0.4, -0.2) is 14.5 Å². The van der Waals surface area contributed by atoms with Crippen LogP contribution in [0.5, 0.6) is 0 Å². The van der Waals surface area contributed by atoms with Crippen LogP contribution in [0.15, 0.2) is 48.8 Å². The van der Waals surface area contributed by atoms with Crippen molar-refractivity contribution in [2.45, 2.75) is 19.9 Å². The highest BCUT2D eigenvalue weighted by Crippen LogP contribution is 2.34. The summed E-state index contributed by atoms with van der Waals surface area (Å²) < 4.78 is 2.29. The highest BCUT2D eigenvalue weighted by molar-refractivity contribution is 5.74. The molecule has 20 heavy (non-hydrogen) atoms. The van der Waals surface area contributed by atoms with Gasteiger partial charge in [0, 0.05) is 35.8 Å². The Morgan fingerprint density at radius 1 is 1.05 bits per heavy atom. The molecule has 0 fully saturated rings. The van der Waals surface area contributed by atoms with E-state index in [9.17, 15) is 0 Å². The molecule has 3 heteroatoms. The lowest BCUT2D eigenvalue weighted by Gasteiger charge is -2.21. The van der Waals surface area contributed by atoms with Crippen LogP contribution in [0.1, 0.15) is 11.3 Å². The molecule has 0 saturated carbocycles. The fourth-order valence-corrected chi connectivity index (χ4v) is 2.98. The van der Waals surface area contributed by atoms with Crippen molar-refractivity contribution in [3.05, 3.63) is 60.0 Å². The largest absolute Gasteiger partial charge is 0.328 e. The monoisotopic (exact) mass is 261 g/mol. The van der Waals surface area contributed by atoms with Crippen LogP contribution in [0, 0.1) is 6.92 Å². The van der Waals surface area contributed by atoms with Crippen molar-refractivity contribution >= 4 is 0 Å². The predicted molar refractivity (Wildman–Crippen MR) is 79.3 cm³/mol. The van der Waals surface area contributed by atoms with Gasteiger partial charge in [0.1, 0.15) is 5.82 Å². The van der Waals surface area contributed by atoms with Gasteiger partial charge in [-0.15, -0.1) is 0 Å². The van der Waals surface area contributed by atoms with E-state index < -0.39 is 0 Å². The number of imidazole rings is 1. The van der Waals surface area contributed by atoms with Gasteiger partial charge < -0.3 is 4.57 Å². The Morgan fingerprint density at radius 2 is 1.90 bits per heavy atom. The molecule has 3 nitrogen and oxygen atoms in total. The third-order valence-corrected chi connectivity index (χ3v) is 3.98. The van der Waals surface area contributed by atoms with E-state index >= 15 is 0 Å². The Bertz CT molecular complexity index is 772. The number of rotatable bonds is 1. The number of pyridine rings is 1. The van der Waals surface area contributed by atoms with Gasteiger partial charge in [0.2, 0.25) is 0 Å². The summed E-state index contributed by atoms with van der Waals surface area (Å²) in [4.78, 5) is 9.17. The maximum Gasteiger partial charge on any atom is 0.140 e. The zero-order chi connectivity index (χ0) is 13.5. The first kappa shape index (κ1) is 11.4. The Morgan fingerprint density at radius 3 is 2.75 bits per heavy atom. The average Bonchev–Trinajstić information content (AvgIpc) is 2.89. The van der Waals surface area contributed by atoms with Crippen molar-refractivity contribution in [3.8, 4) is 22.6 Å². The lowest BCUT2D eigenvalue weighted by molar-refractivity contribution is 0.666. The highest BCUT2D eigenvalue weighted by Gasteiger charge is 2.21. The maximum absolute atomic E-state index is 4.60. The molecule has 0 saturated heterocycles. The summed E-state index contributed by atoms with van der Waals surface area (Å²) >= 11 is 0. The lowest BCUT2D eigenvalue weighted by atomic mass is 9.96. The summed E-state index contributed by atoms with van der Waals surface area (Å²) in [5.41, 5.74) is 6.04. The minimum absolute atomic E-state index is 0.986. The normalized spacial score (nSPS) is 12.8. The van der Waals surface area contributed by atoms with Crippen molar-refractivity contribution in [1.29, 1.82) is 0 Å². The lowest BCUT2D eigenvalue weighted by Crippen LogP contribution is -2.13. The fraction of sp³-hybridized carbons (Fsp3) is 0.176. The van der Waals surface area contributed by atoms with E-state index in [1.807, 2.05) is 18.5 Å². The van der Waals surface area contributed by atoms with Crippen molar-refractivity contribution in [1.82, 2.24) is 14.5 Å². The second-order valence-electron chi connectivity index (χ2n) is 5.18. The van der Waals surface area contributed by atoms with Gasteiger partial charge in [-0.2, -0.15) is 0 Å². The molecular formula is C17H15N3. The molecule has 0 unspecified atom stereocenters. The Balaban J connectivity index is 1.95. The van der Waals surface area contributed by atoms with Gasteiger partial charge in [-0.3, -0.25) is 4.98 Å². The van der Waals surface area contributed by atoms with Crippen LogP contribution < -0.4 is 0 Å². The molecule has 4 rings (SSSR count). The molecular weight excluding hydrogens is 246 g/mol. The number of fused-ring (bicyclic) bond motifs is 3.